The Labute approximate surface area is 148 Å². The van der Waals surface area contributed by atoms with Crippen molar-refractivity contribution in [3.63, 3.8) is 0 Å². The third kappa shape index (κ3) is 4.08. The molecule has 25 heavy (non-hydrogen) atoms. The van der Waals surface area contributed by atoms with Gasteiger partial charge in [-0.3, -0.25) is 14.6 Å². The maximum atomic E-state index is 6.49. The average molecular weight is 342 g/mol. The summed E-state index contributed by atoms with van der Waals surface area (Å²) in [5.41, 5.74) is 1.98. The van der Waals surface area contributed by atoms with E-state index in [1.165, 1.54) is 0 Å². The van der Waals surface area contributed by atoms with Gasteiger partial charge in [-0.2, -0.15) is 5.10 Å². The van der Waals surface area contributed by atoms with Crippen LogP contribution in [0.1, 0.15) is 24.2 Å². The van der Waals surface area contributed by atoms with Crippen molar-refractivity contribution in [2.75, 3.05) is 26.3 Å². The summed E-state index contributed by atoms with van der Waals surface area (Å²) in [6, 6.07) is 8.17. The number of ether oxygens (including phenoxy) is 2. The zero-order valence-electron chi connectivity index (χ0n) is 14.8. The number of rotatable bonds is 4. The van der Waals surface area contributed by atoms with Crippen molar-refractivity contribution in [1.82, 2.24) is 19.7 Å². The molecule has 0 aromatic carbocycles. The van der Waals surface area contributed by atoms with E-state index in [2.05, 4.69) is 27.1 Å². The highest BCUT2D eigenvalue weighted by atomic mass is 16.6. The number of hydrogen-bond acceptors (Lipinski definition) is 5. The summed E-state index contributed by atoms with van der Waals surface area (Å²) < 4.78 is 14.3. The van der Waals surface area contributed by atoms with Crippen LogP contribution in [0.15, 0.2) is 36.7 Å². The Morgan fingerprint density at radius 1 is 1.32 bits per heavy atom. The molecule has 134 valence electrons. The Morgan fingerprint density at radius 2 is 2.28 bits per heavy atom. The van der Waals surface area contributed by atoms with E-state index in [4.69, 9.17) is 9.47 Å². The number of aryl methyl sites for hydroxylation is 1. The van der Waals surface area contributed by atoms with E-state index in [1.807, 2.05) is 36.1 Å². The van der Waals surface area contributed by atoms with Gasteiger partial charge >= 0.3 is 0 Å². The Bertz CT molecular complexity index is 690. The van der Waals surface area contributed by atoms with Crippen LogP contribution in [0.5, 0.6) is 0 Å². The lowest BCUT2D eigenvalue weighted by atomic mass is 10.00. The molecule has 2 aliphatic heterocycles. The fourth-order valence-corrected chi connectivity index (χ4v) is 3.90. The summed E-state index contributed by atoms with van der Waals surface area (Å²) in [6.45, 7) is 6.95. The molecule has 0 N–H and O–H groups in total. The van der Waals surface area contributed by atoms with Crippen LogP contribution < -0.4 is 0 Å². The molecule has 0 aliphatic carbocycles. The average Bonchev–Trinajstić information content (AvgIpc) is 3.18. The molecule has 2 aromatic rings. The fraction of sp³-hybridized carbons (Fsp3) is 0.579. The summed E-state index contributed by atoms with van der Waals surface area (Å²) in [5, 5.41) is 4.30. The second-order valence-corrected chi connectivity index (χ2v) is 7.22. The van der Waals surface area contributed by atoms with Crippen LogP contribution in [0.4, 0.5) is 0 Å². The Morgan fingerprint density at radius 3 is 3.12 bits per heavy atom. The van der Waals surface area contributed by atoms with Gasteiger partial charge in [-0.25, -0.2) is 0 Å². The van der Waals surface area contributed by atoms with Gasteiger partial charge in [0.2, 0.25) is 0 Å². The van der Waals surface area contributed by atoms with Crippen molar-refractivity contribution in [3.8, 4) is 0 Å². The molecule has 6 nitrogen and oxygen atoms in total. The standard InChI is InChI=1S/C19H26N4O2/c1-16-4-2-5-17(21-16)12-22-10-11-24-15-19(14-22)7-6-18(25-19)13-23-9-3-8-20-23/h2-5,8-9,18H,6-7,10-15H2,1H3/t18-,19-/m1/s1. The second-order valence-electron chi connectivity index (χ2n) is 7.22. The van der Waals surface area contributed by atoms with E-state index in [-0.39, 0.29) is 11.7 Å². The summed E-state index contributed by atoms with van der Waals surface area (Å²) >= 11 is 0. The first-order valence-electron chi connectivity index (χ1n) is 9.09. The first-order chi connectivity index (χ1) is 12.2. The molecule has 0 radical (unpaired) electrons. The lowest BCUT2D eigenvalue weighted by Gasteiger charge is -2.31. The van der Waals surface area contributed by atoms with E-state index in [1.54, 1.807) is 0 Å². The van der Waals surface area contributed by atoms with E-state index < -0.39 is 0 Å². The molecule has 0 bridgehead atoms. The molecule has 4 heterocycles. The third-order valence-electron chi connectivity index (χ3n) is 5.05. The van der Waals surface area contributed by atoms with Crippen LogP contribution in [0.2, 0.25) is 0 Å². The van der Waals surface area contributed by atoms with E-state index >= 15 is 0 Å². The van der Waals surface area contributed by atoms with Gasteiger partial charge < -0.3 is 9.47 Å². The Kier molecular flexibility index (Phi) is 4.83. The molecule has 2 fully saturated rings. The van der Waals surface area contributed by atoms with Crippen molar-refractivity contribution in [2.45, 2.75) is 44.6 Å². The number of pyridine rings is 1. The van der Waals surface area contributed by atoms with Crippen molar-refractivity contribution < 1.29 is 9.47 Å². The molecule has 2 aromatic heterocycles. The molecule has 1 spiro atoms. The highest BCUT2D eigenvalue weighted by Gasteiger charge is 2.43. The van der Waals surface area contributed by atoms with Gasteiger partial charge in [0.05, 0.1) is 31.6 Å². The zero-order valence-corrected chi connectivity index (χ0v) is 14.8. The molecule has 0 saturated carbocycles. The number of nitrogens with zero attached hydrogens (tertiary/aromatic N) is 4. The number of aromatic nitrogens is 3. The minimum atomic E-state index is -0.196. The molecule has 0 amide bonds. The Hall–Kier alpha value is -1.76. The summed E-state index contributed by atoms with van der Waals surface area (Å²) in [4.78, 5) is 7.06. The molecule has 6 heteroatoms. The first-order valence-corrected chi connectivity index (χ1v) is 9.09. The lowest BCUT2D eigenvalue weighted by Crippen LogP contribution is -2.44. The molecule has 2 aliphatic rings. The first kappa shape index (κ1) is 16.7. The SMILES string of the molecule is Cc1cccc(CN2CCOC[C@@]3(CC[C@H](Cn4cccn4)O3)C2)n1. The van der Waals surface area contributed by atoms with Gasteiger partial charge in [0, 0.05) is 37.7 Å². The van der Waals surface area contributed by atoms with E-state index in [9.17, 15) is 0 Å². The van der Waals surface area contributed by atoms with Crippen molar-refractivity contribution in [1.29, 1.82) is 0 Å². The van der Waals surface area contributed by atoms with Gasteiger partial charge in [-0.05, 0) is 38.0 Å². The maximum Gasteiger partial charge on any atom is 0.105 e. The highest BCUT2D eigenvalue weighted by molar-refractivity contribution is 5.10. The molecular weight excluding hydrogens is 316 g/mol. The van der Waals surface area contributed by atoms with Crippen molar-refractivity contribution in [3.05, 3.63) is 48.0 Å². The van der Waals surface area contributed by atoms with Gasteiger partial charge in [0.25, 0.3) is 0 Å². The van der Waals surface area contributed by atoms with Crippen LogP contribution in [0.25, 0.3) is 0 Å². The molecule has 2 saturated heterocycles. The van der Waals surface area contributed by atoms with Crippen LogP contribution in [0.3, 0.4) is 0 Å². The zero-order chi connectivity index (χ0) is 17.1. The lowest BCUT2D eigenvalue weighted by molar-refractivity contribution is -0.0905. The summed E-state index contributed by atoms with van der Waals surface area (Å²) in [5.74, 6) is 0. The molecule has 2 atom stereocenters. The van der Waals surface area contributed by atoms with E-state index in [0.29, 0.717) is 6.61 Å². The summed E-state index contributed by atoms with van der Waals surface area (Å²) in [6.07, 6.45) is 6.11. The number of hydrogen-bond donors (Lipinski definition) is 0. The van der Waals surface area contributed by atoms with Crippen LogP contribution in [-0.4, -0.2) is 57.7 Å². The topological polar surface area (TPSA) is 52.4 Å². The largest absolute Gasteiger partial charge is 0.377 e. The monoisotopic (exact) mass is 342 g/mol. The third-order valence-corrected chi connectivity index (χ3v) is 5.05. The molecule has 4 rings (SSSR count). The normalized spacial score (nSPS) is 27.6. The van der Waals surface area contributed by atoms with Crippen molar-refractivity contribution in [2.24, 2.45) is 0 Å². The van der Waals surface area contributed by atoms with Crippen LogP contribution in [-0.2, 0) is 22.6 Å². The molecule has 0 unspecified atom stereocenters. The van der Waals surface area contributed by atoms with Crippen LogP contribution in [0, 0.1) is 6.92 Å². The maximum absolute atomic E-state index is 6.49. The minimum Gasteiger partial charge on any atom is -0.377 e. The van der Waals surface area contributed by atoms with Gasteiger partial charge in [-0.1, -0.05) is 6.07 Å². The van der Waals surface area contributed by atoms with Crippen molar-refractivity contribution >= 4 is 0 Å². The predicted molar refractivity (Wildman–Crippen MR) is 94.1 cm³/mol. The van der Waals surface area contributed by atoms with E-state index in [0.717, 1.165) is 57.0 Å². The Balaban J connectivity index is 1.41. The van der Waals surface area contributed by atoms with Gasteiger partial charge in [0.15, 0.2) is 0 Å². The van der Waals surface area contributed by atoms with Crippen LogP contribution >= 0.6 is 0 Å². The highest BCUT2D eigenvalue weighted by Crippen LogP contribution is 2.34. The summed E-state index contributed by atoms with van der Waals surface area (Å²) in [7, 11) is 0. The molecular formula is C19H26N4O2. The smallest absolute Gasteiger partial charge is 0.105 e. The fourth-order valence-electron chi connectivity index (χ4n) is 3.90. The second kappa shape index (κ2) is 7.23. The predicted octanol–water partition coefficient (Wildman–Crippen LogP) is 2.04. The van der Waals surface area contributed by atoms with Gasteiger partial charge in [0.1, 0.15) is 5.60 Å². The quantitative estimate of drug-likeness (QED) is 0.851. The van der Waals surface area contributed by atoms with Gasteiger partial charge in [-0.15, -0.1) is 0 Å². The minimum absolute atomic E-state index is 0.196.